The molecule has 0 spiro atoms. The van der Waals surface area contributed by atoms with Gasteiger partial charge in [-0.25, -0.2) is 9.59 Å². The number of carbonyl (C=O) groups is 2. The molecule has 31 heavy (non-hydrogen) atoms. The van der Waals surface area contributed by atoms with Crippen molar-refractivity contribution in [2.24, 2.45) is 17.3 Å². The van der Waals surface area contributed by atoms with E-state index in [4.69, 9.17) is 9.47 Å². The number of carbonyl (C=O) groups excluding carboxylic acids is 2. The number of benzene rings is 2. The largest absolute Gasteiger partial charge is 0.423 e. The Morgan fingerprint density at radius 3 is 1.48 bits per heavy atom. The zero-order valence-corrected chi connectivity index (χ0v) is 19.2. The standard InChI is InChI=1S/C27H30O4/c1-15-7-11-21(17(3)13-15)30-25(28)23-19-9-10-20(27(19,5)6)24(23)26(29)31-22-12-8-16(2)14-18(22)4/h7-8,11-14,19-20H,9-10H2,1-6H3. The van der Waals surface area contributed by atoms with Crippen molar-refractivity contribution in [1.29, 1.82) is 0 Å². The Bertz CT molecular complexity index is 1020. The minimum absolute atomic E-state index is 0.00239. The van der Waals surface area contributed by atoms with E-state index in [0.717, 1.165) is 35.1 Å². The van der Waals surface area contributed by atoms with Crippen LogP contribution < -0.4 is 9.47 Å². The van der Waals surface area contributed by atoms with Gasteiger partial charge in [-0.1, -0.05) is 49.2 Å². The van der Waals surface area contributed by atoms with Crippen molar-refractivity contribution in [1.82, 2.24) is 0 Å². The molecule has 2 bridgehead atoms. The summed E-state index contributed by atoms with van der Waals surface area (Å²) < 4.78 is 11.6. The van der Waals surface area contributed by atoms with Crippen LogP contribution in [0.5, 0.6) is 11.5 Å². The maximum atomic E-state index is 13.3. The molecule has 0 aliphatic heterocycles. The van der Waals surface area contributed by atoms with Crippen LogP contribution in [0.3, 0.4) is 0 Å². The Kier molecular flexibility index (Phi) is 5.28. The van der Waals surface area contributed by atoms with Crippen molar-refractivity contribution in [2.75, 3.05) is 0 Å². The topological polar surface area (TPSA) is 52.6 Å². The average molecular weight is 419 g/mol. The van der Waals surface area contributed by atoms with E-state index in [1.807, 2.05) is 64.1 Å². The lowest BCUT2D eigenvalue weighted by Crippen LogP contribution is -2.24. The summed E-state index contributed by atoms with van der Waals surface area (Å²) >= 11 is 0. The van der Waals surface area contributed by atoms with E-state index in [0.29, 0.717) is 22.6 Å². The van der Waals surface area contributed by atoms with E-state index < -0.39 is 11.9 Å². The first-order valence-corrected chi connectivity index (χ1v) is 10.9. The molecule has 2 aromatic rings. The first kappa shape index (κ1) is 21.4. The molecular weight excluding hydrogens is 388 g/mol. The summed E-state index contributed by atoms with van der Waals surface area (Å²) in [6.07, 6.45) is 1.77. The molecule has 0 amide bonds. The number of hydrogen-bond donors (Lipinski definition) is 0. The Morgan fingerprint density at radius 1 is 0.742 bits per heavy atom. The van der Waals surface area contributed by atoms with Gasteiger partial charge in [-0.05, 0) is 81.0 Å². The monoisotopic (exact) mass is 418 g/mol. The smallest absolute Gasteiger partial charge is 0.340 e. The van der Waals surface area contributed by atoms with Gasteiger partial charge in [-0.15, -0.1) is 0 Å². The first-order valence-electron chi connectivity index (χ1n) is 10.9. The van der Waals surface area contributed by atoms with E-state index in [2.05, 4.69) is 13.8 Å². The molecule has 2 aliphatic carbocycles. The molecule has 1 saturated carbocycles. The molecule has 2 atom stereocenters. The third-order valence-electron chi connectivity index (χ3n) is 7.03. The molecule has 4 nitrogen and oxygen atoms in total. The van der Waals surface area contributed by atoms with Gasteiger partial charge >= 0.3 is 11.9 Å². The normalized spacial score (nSPS) is 21.4. The van der Waals surface area contributed by atoms with E-state index in [9.17, 15) is 9.59 Å². The van der Waals surface area contributed by atoms with Crippen LogP contribution in [0, 0.1) is 44.9 Å². The van der Waals surface area contributed by atoms with Gasteiger partial charge < -0.3 is 9.47 Å². The Hall–Kier alpha value is -2.88. The lowest BCUT2D eigenvalue weighted by molar-refractivity contribution is -0.133. The van der Waals surface area contributed by atoms with Crippen LogP contribution in [0.4, 0.5) is 0 Å². The predicted octanol–water partition coefficient (Wildman–Crippen LogP) is 5.79. The average Bonchev–Trinajstić information content (AvgIpc) is 3.11. The van der Waals surface area contributed by atoms with Crippen LogP contribution in [0.15, 0.2) is 47.5 Å². The molecule has 162 valence electrons. The molecule has 0 aromatic heterocycles. The molecule has 0 heterocycles. The highest BCUT2D eigenvalue weighted by Crippen LogP contribution is 2.60. The first-order chi connectivity index (χ1) is 14.6. The predicted molar refractivity (Wildman–Crippen MR) is 120 cm³/mol. The fraction of sp³-hybridized carbons (Fsp3) is 0.407. The van der Waals surface area contributed by atoms with Crippen molar-refractivity contribution in [3.05, 3.63) is 69.8 Å². The van der Waals surface area contributed by atoms with Crippen LogP contribution in [-0.4, -0.2) is 11.9 Å². The van der Waals surface area contributed by atoms with Gasteiger partial charge in [0, 0.05) is 0 Å². The van der Waals surface area contributed by atoms with Crippen LogP contribution in [0.1, 0.15) is 48.9 Å². The van der Waals surface area contributed by atoms with Gasteiger partial charge in [0.05, 0.1) is 11.1 Å². The maximum absolute atomic E-state index is 13.3. The molecule has 2 aromatic carbocycles. The van der Waals surface area contributed by atoms with Crippen molar-refractivity contribution >= 4 is 11.9 Å². The minimum atomic E-state index is -0.431. The van der Waals surface area contributed by atoms with E-state index in [1.165, 1.54) is 0 Å². The Morgan fingerprint density at radius 2 is 1.13 bits per heavy atom. The molecule has 1 fully saturated rings. The highest BCUT2D eigenvalue weighted by atomic mass is 16.5. The zero-order chi connectivity index (χ0) is 22.5. The van der Waals surface area contributed by atoms with Crippen molar-refractivity contribution in [3.8, 4) is 11.5 Å². The SMILES string of the molecule is Cc1ccc(OC(=O)C2=C(C(=O)Oc3ccc(C)cc3C)C3CCC2C3(C)C)c(C)c1. The van der Waals surface area contributed by atoms with Crippen LogP contribution in [0.2, 0.25) is 0 Å². The zero-order valence-electron chi connectivity index (χ0n) is 19.2. The highest BCUT2D eigenvalue weighted by molar-refractivity contribution is 6.04. The summed E-state index contributed by atoms with van der Waals surface area (Å²) in [6.45, 7) is 12.1. The van der Waals surface area contributed by atoms with Gasteiger partial charge in [0.25, 0.3) is 0 Å². The third kappa shape index (κ3) is 3.69. The summed E-state index contributed by atoms with van der Waals surface area (Å²) in [5.74, 6) is 0.200. The maximum Gasteiger partial charge on any atom is 0.340 e. The summed E-state index contributed by atoms with van der Waals surface area (Å²) in [5, 5.41) is 0. The third-order valence-corrected chi connectivity index (χ3v) is 7.03. The molecule has 0 radical (unpaired) electrons. The quantitative estimate of drug-likeness (QED) is 0.466. The summed E-state index contributed by atoms with van der Waals surface area (Å²) in [6, 6.07) is 11.4. The second-order valence-electron chi connectivity index (χ2n) is 9.65. The molecule has 0 saturated heterocycles. The second-order valence-corrected chi connectivity index (χ2v) is 9.65. The number of esters is 2. The van der Waals surface area contributed by atoms with Gasteiger partial charge in [-0.3, -0.25) is 0 Å². The van der Waals surface area contributed by atoms with Gasteiger partial charge in [0.15, 0.2) is 0 Å². The summed E-state index contributed by atoms with van der Waals surface area (Å²) in [4.78, 5) is 26.6. The van der Waals surface area contributed by atoms with E-state index in [-0.39, 0.29) is 17.3 Å². The lowest BCUT2D eigenvalue weighted by Gasteiger charge is -2.25. The summed E-state index contributed by atoms with van der Waals surface area (Å²) in [7, 11) is 0. The number of rotatable bonds is 4. The van der Waals surface area contributed by atoms with Gasteiger partial charge in [0.1, 0.15) is 11.5 Å². The Labute approximate surface area is 184 Å². The number of aryl methyl sites for hydroxylation is 4. The van der Waals surface area contributed by atoms with Crippen molar-refractivity contribution in [3.63, 3.8) is 0 Å². The molecule has 2 unspecified atom stereocenters. The van der Waals surface area contributed by atoms with Crippen LogP contribution in [0.25, 0.3) is 0 Å². The molecule has 4 rings (SSSR count). The van der Waals surface area contributed by atoms with Crippen molar-refractivity contribution < 1.29 is 19.1 Å². The van der Waals surface area contributed by atoms with Gasteiger partial charge in [-0.2, -0.15) is 0 Å². The minimum Gasteiger partial charge on any atom is -0.423 e. The van der Waals surface area contributed by atoms with Crippen molar-refractivity contribution in [2.45, 2.75) is 54.4 Å². The molecule has 4 heteroatoms. The number of fused-ring (bicyclic) bond motifs is 2. The fourth-order valence-corrected chi connectivity index (χ4v) is 5.37. The van der Waals surface area contributed by atoms with E-state index >= 15 is 0 Å². The fourth-order valence-electron chi connectivity index (χ4n) is 5.37. The van der Waals surface area contributed by atoms with Crippen LogP contribution >= 0.6 is 0 Å². The van der Waals surface area contributed by atoms with Crippen LogP contribution in [-0.2, 0) is 9.59 Å². The summed E-state index contributed by atoms with van der Waals surface area (Å²) in [5.41, 5.74) is 4.83. The lowest BCUT2D eigenvalue weighted by atomic mass is 9.79. The molecular formula is C27H30O4. The number of hydrogen-bond acceptors (Lipinski definition) is 4. The number of ether oxygens (including phenoxy) is 2. The Balaban J connectivity index is 1.69. The second kappa shape index (κ2) is 7.67. The van der Waals surface area contributed by atoms with Gasteiger partial charge in [0.2, 0.25) is 0 Å². The highest BCUT2D eigenvalue weighted by Gasteiger charge is 2.57. The molecule has 0 N–H and O–H groups in total. The molecule has 2 aliphatic rings. The van der Waals surface area contributed by atoms with E-state index in [1.54, 1.807) is 0 Å².